The van der Waals surface area contributed by atoms with Crippen molar-refractivity contribution in [1.29, 1.82) is 0 Å². The number of nitro groups is 1. The number of non-ortho nitro benzene ring substituents is 1. The van der Waals surface area contributed by atoms with Gasteiger partial charge in [-0.3, -0.25) is 10.1 Å². The van der Waals surface area contributed by atoms with E-state index < -0.39 is 15.6 Å². The molecular weight excluding hydrogens is 605 g/mol. The molecule has 0 spiro atoms. The Kier molecular flexibility index (Phi) is 7.75. The molecule has 228 valence electrons. The number of rotatable bonds is 3. The SMILES string of the molecule is O=S(=O)([O-])C(F)(F)F.O=[N+]([O-])c1cccc(-[n+]2c3c(c(-c4ccccc4)c4c2-c2ccccc2CC4)CCc2ccccc2-3)c1. The fourth-order valence-corrected chi connectivity index (χ4v) is 6.27. The Hall–Kier alpha value is -4.87. The van der Waals surface area contributed by atoms with E-state index in [0.717, 1.165) is 42.8 Å². The van der Waals surface area contributed by atoms with E-state index in [0.29, 0.717) is 0 Å². The molecule has 0 fully saturated rings. The molecule has 2 aliphatic rings. The maximum atomic E-state index is 11.8. The Bertz CT molecular complexity index is 1990. The molecule has 1 aromatic heterocycles. The lowest BCUT2D eigenvalue weighted by atomic mass is 9.77. The first kappa shape index (κ1) is 30.2. The zero-order valence-electron chi connectivity index (χ0n) is 23.6. The molecule has 0 saturated heterocycles. The van der Waals surface area contributed by atoms with Gasteiger partial charge in [0, 0.05) is 28.8 Å². The normalized spacial score (nSPS) is 13.3. The van der Waals surface area contributed by atoms with Crippen LogP contribution in [0.4, 0.5) is 18.9 Å². The van der Waals surface area contributed by atoms with Gasteiger partial charge in [0.15, 0.2) is 10.1 Å². The van der Waals surface area contributed by atoms with E-state index in [-0.39, 0.29) is 10.6 Å². The van der Waals surface area contributed by atoms with Crippen LogP contribution in [0.2, 0.25) is 0 Å². The molecule has 45 heavy (non-hydrogen) atoms. The minimum Gasteiger partial charge on any atom is -0.741 e. The zero-order valence-corrected chi connectivity index (χ0v) is 24.4. The van der Waals surface area contributed by atoms with Gasteiger partial charge in [0.05, 0.1) is 22.1 Å². The lowest BCUT2D eigenvalue weighted by Crippen LogP contribution is -2.41. The number of pyridine rings is 1. The third-order valence-corrected chi connectivity index (χ3v) is 8.67. The number of alkyl halides is 3. The molecule has 0 amide bonds. The van der Waals surface area contributed by atoms with Gasteiger partial charge in [0.2, 0.25) is 17.1 Å². The van der Waals surface area contributed by atoms with Crippen molar-refractivity contribution in [2.24, 2.45) is 0 Å². The second kappa shape index (κ2) is 11.6. The molecular formula is C34H25F3N2O5S. The number of benzene rings is 4. The number of hydrogen-bond donors (Lipinski definition) is 0. The number of halogens is 3. The standard InChI is InChI=1S/C33H25N2O2.CHF3O3S/c36-35(37)26-14-8-13-25(21-26)34-32-27-15-6-4-9-22(27)17-19-29(32)31(24-11-2-1-3-12-24)30-20-18-23-10-5-7-16-28(23)33(30)34;2-1(3,4)8(5,6)7/h1-16,21H,17-20H2;(H,5,6,7)/q+1;/p-1. The van der Waals surface area contributed by atoms with Gasteiger partial charge >= 0.3 is 5.51 Å². The number of nitrogens with zero attached hydrogens (tertiary/aromatic N) is 2. The van der Waals surface area contributed by atoms with Crippen LogP contribution >= 0.6 is 0 Å². The average Bonchev–Trinajstić information content (AvgIpc) is 3.03. The maximum Gasteiger partial charge on any atom is 0.485 e. The molecule has 0 saturated carbocycles. The first-order valence-corrected chi connectivity index (χ1v) is 15.5. The third kappa shape index (κ3) is 5.60. The van der Waals surface area contributed by atoms with Crippen LogP contribution in [0.25, 0.3) is 39.3 Å². The molecule has 0 radical (unpaired) electrons. The van der Waals surface area contributed by atoms with Crippen molar-refractivity contribution >= 4 is 15.8 Å². The predicted octanol–water partition coefficient (Wildman–Crippen LogP) is 7.12. The second-order valence-electron chi connectivity index (χ2n) is 10.7. The van der Waals surface area contributed by atoms with Gasteiger partial charge in [-0.1, -0.05) is 66.7 Å². The highest BCUT2D eigenvalue weighted by atomic mass is 32.2. The van der Waals surface area contributed by atoms with Crippen molar-refractivity contribution < 1.29 is 35.6 Å². The lowest BCUT2D eigenvalue weighted by Gasteiger charge is -2.28. The van der Waals surface area contributed by atoms with Crippen molar-refractivity contribution in [3.63, 3.8) is 0 Å². The second-order valence-corrected chi connectivity index (χ2v) is 12.1. The van der Waals surface area contributed by atoms with Gasteiger partial charge in [0.25, 0.3) is 5.69 Å². The summed E-state index contributed by atoms with van der Waals surface area (Å²) < 4.78 is 61.2. The smallest absolute Gasteiger partial charge is 0.485 e. The molecule has 0 bridgehead atoms. The number of aromatic nitrogens is 1. The predicted molar refractivity (Wildman–Crippen MR) is 162 cm³/mol. The molecule has 1 heterocycles. The number of hydrogen-bond acceptors (Lipinski definition) is 5. The zero-order chi connectivity index (χ0) is 31.9. The summed E-state index contributed by atoms with van der Waals surface area (Å²) in [4.78, 5) is 11.5. The molecule has 0 N–H and O–H groups in total. The third-order valence-electron chi connectivity index (χ3n) is 8.10. The van der Waals surface area contributed by atoms with Crippen LogP contribution in [0.3, 0.4) is 0 Å². The van der Waals surface area contributed by atoms with E-state index in [1.807, 2.05) is 6.07 Å². The molecule has 0 atom stereocenters. The van der Waals surface area contributed by atoms with E-state index in [2.05, 4.69) is 83.4 Å². The maximum absolute atomic E-state index is 11.8. The summed E-state index contributed by atoms with van der Waals surface area (Å²) in [6, 6.07) is 35.1. The lowest BCUT2D eigenvalue weighted by molar-refractivity contribution is -0.573. The van der Waals surface area contributed by atoms with Gasteiger partial charge in [-0.2, -0.15) is 17.7 Å². The van der Waals surface area contributed by atoms with Crippen LogP contribution in [0, 0.1) is 10.1 Å². The van der Waals surface area contributed by atoms with Gasteiger partial charge in [0.1, 0.15) is 0 Å². The highest BCUT2D eigenvalue weighted by molar-refractivity contribution is 7.86. The van der Waals surface area contributed by atoms with Crippen molar-refractivity contribution in [3.8, 4) is 39.3 Å². The average molecular weight is 631 g/mol. The van der Waals surface area contributed by atoms with Crippen LogP contribution in [0.15, 0.2) is 103 Å². The first-order valence-electron chi connectivity index (χ1n) is 14.1. The molecule has 0 aliphatic heterocycles. The fraction of sp³-hybridized carbons (Fsp3) is 0.147. The van der Waals surface area contributed by atoms with E-state index in [9.17, 15) is 23.3 Å². The Morgan fingerprint density at radius 3 is 1.67 bits per heavy atom. The molecule has 5 aromatic rings. The van der Waals surface area contributed by atoms with Crippen molar-refractivity contribution in [1.82, 2.24) is 0 Å². The van der Waals surface area contributed by atoms with Gasteiger partial charge in [-0.15, -0.1) is 0 Å². The van der Waals surface area contributed by atoms with E-state index in [1.165, 1.54) is 44.5 Å². The molecule has 11 heteroatoms. The summed E-state index contributed by atoms with van der Waals surface area (Å²) in [5.41, 5.74) is 7.86. The van der Waals surface area contributed by atoms with Crippen LogP contribution in [0.1, 0.15) is 22.3 Å². The van der Waals surface area contributed by atoms with E-state index in [1.54, 1.807) is 18.2 Å². The molecule has 7 rings (SSSR count). The Balaban J connectivity index is 0.000000397. The molecule has 4 aromatic carbocycles. The first-order chi connectivity index (χ1) is 21.5. The molecule has 7 nitrogen and oxygen atoms in total. The fourth-order valence-electron chi connectivity index (χ4n) is 6.27. The largest absolute Gasteiger partial charge is 0.741 e. The Morgan fingerprint density at radius 1 is 0.689 bits per heavy atom. The van der Waals surface area contributed by atoms with Crippen LogP contribution < -0.4 is 4.57 Å². The molecule has 2 aliphatic carbocycles. The Labute approximate surface area is 257 Å². The summed E-state index contributed by atoms with van der Waals surface area (Å²) in [6.07, 6.45) is 3.82. The summed E-state index contributed by atoms with van der Waals surface area (Å²) in [6.45, 7) is 0. The highest BCUT2D eigenvalue weighted by Crippen LogP contribution is 2.45. The van der Waals surface area contributed by atoms with Gasteiger partial charge < -0.3 is 4.55 Å². The Morgan fingerprint density at radius 2 is 1.18 bits per heavy atom. The minimum absolute atomic E-state index is 0.104. The topological polar surface area (TPSA) is 104 Å². The number of aryl methyl sites for hydroxylation is 2. The monoisotopic (exact) mass is 630 g/mol. The van der Waals surface area contributed by atoms with E-state index >= 15 is 0 Å². The van der Waals surface area contributed by atoms with Crippen molar-refractivity contribution in [2.75, 3.05) is 0 Å². The minimum atomic E-state index is -6.09. The molecule has 0 unspecified atom stereocenters. The van der Waals surface area contributed by atoms with Gasteiger partial charge in [-0.25, -0.2) is 8.42 Å². The summed E-state index contributed by atoms with van der Waals surface area (Å²) >= 11 is 0. The van der Waals surface area contributed by atoms with Crippen LogP contribution in [-0.2, 0) is 35.8 Å². The van der Waals surface area contributed by atoms with Crippen molar-refractivity contribution in [3.05, 3.63) is 135 Å². The number of nitro benzene ring substituents is 1. The van der Waals surface area contributed by atoms with Crippen molar-refractivity contribution in [2.45, 2.75) is 31.2 Å². The highest BCUT2D eigenvalue weighted by Gasteiger charge is 2.39. The number of fused-ring (bicyclic) bond motifs is 6. The van der Waals surface area contributed by atoms with Gasteiger partial charge in [-0.05, 0) is 60.6 Å². The van der Waals surface area contributed by atoms with Crippen LogP contribution in [0.5, 0.6) is 0 Å². The summed E-state index contributed by atoms with van der Waals surface area (Å²) in [7, 11) is -6.09. The summed E-state index contributed by atoms with van der Waals surface area (Å²) in [5.74, 6) is 0. The quantitative estimate of drug-likeness (QED) is 0.0694. The van der Waals surface area contributed by atoms with Crippen LogP contribution in [-0.4, -0.2) is 23.4 Å². The van der Waals surface area contributed by atoms with E-state index in [4.69, 9.17) is 13.0 Å². The summed E-state index contributed by atoms with van der Waals surface area (Å²) in [5, 5.41) is 11.8.